The average molecular weight is 268 g/mol. The van der Waals surface area contributed by atoms with Crippen molar-refractivity contribution < 1.29 is 0 Å². The first-order valence-corrected chi connectivity index (χ1v) is 7.25. The molecule has 1 atom stereocenters. The van der Waals surface area contributed by atoms with Gasteiger partial charge < -0.3 is 4.90 Å². The number of nitrogens with zero attached hydrogens (tertiary/aromatic N) is 3. The molecule has 0 unspecified atom stereocenters. The van der Waals surface area contributed by atoms with E-state index < -0.39 is 0 Å². The maximum atomic E-state index is 5.75. The lowest BCUT2D eigenvalue weighted by Gasteiger charge is -2.24. The molecule has 3 nitrogen and oxygen atoms in total. The van der Waals surface area contributed by atoms with E-state index in [0.717, 1.165) is 18.0 Å². The van der Waals surface area contributed by atoms with Crippen molar-refractivity contribution in [2.45, 2.75) is 45.6 Å². The first kappa shape index (κ1) is 13.8. The van der Waals surface area contributed by atoms with E-state index in [0.29, 0.717) is 11.2 Å². The largest absolute Gasteiger partial charge is 0.301 e. The summed E-state index contributed by atoms with van der Waals surface area (Å²) in [5.41, 5.74) is 1.07. The highest BCUT2D eigenvalue weighted by atomic mass is 35.5. The van der Waals surface area contributed by atoms with Crippen LogP contribution in [-0.2, 0) is 6.42 Å². The van der Waals surface area contributed by atoms with Gasteiger partial charge in [0.15, 0.2) is 5.15 Å². The third-order valence-electron chi connectivity index (χ3n) is 3.80. The van der Waals surface area contributed by atoms with E-state index in [1.807, 2.05) is 12.1 Å². The Labute approximate surface area is 115 Å². The topological polar surface area (TPSA) is 29.0 Å². The van der Waals surface area contributed by atoms with Gasteiger partial charge in [-0.1, -0.05) is 11.6 Å². The fourth-order valence-electron chi connectivity index (χ4n) is 2.66. The van der Waals surface area contributed by atoms with E-state index >= 15 is 0 Å². The van der Waals surface area contributed by atoms with Crippen molar-refractivity contribution in [2.75, 3.05) is 13.1 Å². The molecule has 0 radical (unpaired) electrons. The van der Waals surface area contributed by atoms with E-state index in [2.05, 4.69) is 28.9 Å². The van der Waals surface area contributed by atoms with Gasteiger partial charge in [-0.25, -0.2) is 0 Å². The quantitative estimate of drug-likeness (QED) is 0.842. The van der Waals surface area contributed by atoms with Gasteiger partial charge in [-0.3, -0.25) is 0 Å². The van der Waals surface area contributed by atoms with Gasteiger partial charge in [-0.05, 0) is 70.7 Å². The Morgan fingerprint density at radius 3 is 2.78 bits per heavy atom. The molecule has 0 spiro atoms. The summed E-state index contributed by atoms with van der Waals surface area (Å²) < 4.78 is 0. The molecule has 1 aliphatic heterocycles. The fraction of sp³-hybridized carbons (Fsp3) is 0.714. The zero-order valence-corrected chi connectivity index (χ0v) is 12.0. The lowest BCUT2D eigenvalue weighted by atomic mass is 9.95. The van der Waals surface area contributed by atoms with E-state index in [1.165, 1.54) is 32.4 Å². The van der Waals surface area contributed by atoms with E-state index in [-0.39, 0.29) is 0 Å². The smallest absolute Gasteiger partial charge is 0.151 e. The van der Waals surface area contributed by atoms with Crippen LogP contribution in [0.4, 0.5) is 0 Å². The minimum atomic E-state index is 0.477. The van der Waals surface area contributed by atoms with Crippen molar-refractivity contribution in [3.05, 3.63) is 23.0 Å². The van der Waals surface area contributed by atoms with Crippen molar-refractivity contribution in [2.24, 2.45) is 5.92 Å². The molecule has 100 valence electrons. The molecule has 0 N–H and O–H groups in total. The van der Waals surface area contributed by atoms with Gasteiger partial charge in [0, 0.05) is 6.04 Å². The summed E-state index contributed by atoms with van der Waals surface area (Å²) in [7, 11) is 0. The van der Waals surface area contributed by atoms with Gasteiger partial charge in [-0.2, -0.15) is 5.10 Å². The van der Waals surface area contributed by atoms with Crippen LogP contribution in [0.25, 0.3) is 0 Å². The number of halogens is 1. The lowest BCUT2D eigenvalue weighted by molar-refractivity contribution is 0.227. The molecule has 0 aliphatic carbocycles. The van der Waals surface area contributed by atoms with Crippen LogP contribution in [0.1, 0.15) is 38.8 Å². The Morgan fingerprint density at radius 2 is 2.11 bits per heavy atom. The predicted molar refractivity (Wildman–Crippen MR) is 74.8 cm³/mol. The minimum Gasteiger partial charge on any atom is -0.301 e. The number of hydrogen-bond donors (Lipinski definition) is 0. The molecular formula is C14H22ClN3. The molecule has 1 aliphatic rings. The normalized spacial score (nSPS) is 22.1. The second-order valence-corrected chi connectivity index (χ2v) is 5.87. The molecule has 1 saturated heterocycles. The molecule has 0 amide bonds. The summed E-state index contributed by atoms with van der Waals surface area (Å²) in [6.45, 7) is 7.01. The second kappa shape index (κ2) is 6.48. The predicted octanol–water partition coefficient (Wildman–Crippen LogP) is 3.18. The lowest BCUT2D eigenvalue weighted by Crippen LogP contribution is -2.31. The Bertz CT molecular complexity index is 364. The van der Waals surface area contributed by atoms with E-state index in [4.69, 9.17) is 11.6 Å². The third kappa shape index (κ3) is 3.92. The molecule has 1 aromatic rings. The van der Waals surface area contributed by atoms with Crippen LogP contribution >= 0.6 is 11.6 Å². The molecular weight excluding hydrogens is 246 g/mol. The van der Waals surface area contributed by atoms with Crippen LogP contribution in [0.5, 0.6) is 0 Å². The zero-order valence-electron chi connectivity index (χ0n) is 11.3. The van der Waals surface area contributed by atoms with E-state index in [9.17, 15) is 0 Å². The zero-order chi connectivity index (χ0) is 13.0. The summed E-state index contributed by atoms with van der Waals surface area (Å²) in [6.07, 6.45) is 4.90. The molecule has 4 heteroatoms. The Morgan fingerprint density at radius 1 is 1.28 bits per heavy atom. The molecule has 2 heterocycles. The molecule has 0 saturated carbocycles. The maximum absolute atomic E-state index is 5.75. The SMILES string of the molecule is CC(C)N1CCC[C@H](Cc2ccc(Cl)nn2)CC1. The summed E-state index contributed by atoms with van der Waals surface area (Å²) in [5, 5.41) is 8.56. The number of hydrogen-bond acceptors (Lipinski definition) is 3. The van der Waals surface area contributed by atoms with E-state index in [1.54, 1.807) is 0 Å². The van der Waals surface area contributed by atoms with Crippen LogP contribution in [0.2, 0.25) is 5.15 Å². The van der Waals surface area contributed by atoms with Gasteiger partial charge in [0.05, 0.1) is 5.69 Å². The van der Waals surface area contributed by atoms with Gasteiger partial charge in [0.25, 0.3) is 0 Å². The van der Waals surface area contributed by atoms with Crippen LogP contribution in [-0.4, -0.2) is 34.2 Å². The third-order valence-corrected chi connectivity index (χ3v) is 4.00. The van der Waals surface area contributed by atoms with Crippen LogP contribution < -0.4 is 0 Å². The van der Waals surface area contributed by atoms with Crippen LogP contribution in [0.3, 0.4) is 0 Å². The maximum Gasteiger partial charge on any atom is 0.151 e. The van der Waals surface area contributed by atoms with Crippen molar-refractivity contribution in [3.8, 4) is 0 Å². The average Bonchev–Trinajstić information content (AvgIpc) is 2.58. The van der Waals surface area contributed by atoms with Crippen molar-refractivity contribution in [1.82, 2.24) is 15.1 Å². The summed E-state index contributed by atoms with van der Waals surface area (Å²) in [6, 6.07) is 4.50. The van der Waals surface area contributed by atoms with Crippen LogP contribution in [0.15, 0.2) is 12.1 Å². The van der Waals surface area contributed by atoms with Crippen molar-refractivity contribution >= 4 is 11.6 Å². The molecule has 2 rings (SSSR count). The summed E-state index contributed by atoms with van der Waals surface area (Å²) >= 11 is 5.75. The minimum absolute atomic E-state index is 0.477. The Balaban J connectivity index is 1.88. The number of rotatable bonds is 3. The number of aromatic nitrogens is 2. The monoisotopic (exact) mass is 267 g/mol. The van der Waals surface area contributed by atoms with Crippen LogP contribution in [0, 0.1) is 5.92 Å². The first-order chi connectivity index (χ1) is 8.65. The van der Waals surface area contributed by atoms with Gasteiger partial charge >= 0.3 is 0 Å². The molecule has 18 heavy (non-hydrogen) atoms. The van der Waals surface area contributed by atoms with Gasteiger partial charge in [-0.15, -0.1) is 5.10 Å². The highest BCUT2D eigenvalue weighted by Crippen LogP contribution is 2.22. The van der Waals surface area contributed by atoms with Crippen molar-refractivity contribution in [1.29, 1.82) is 0 Å². The van der Waals surface area contributed by atoms with Gasteiger partial charge in [0.1, 0.15) is 0 Å². The molecule has 0 bridgehead atoms. The number of likely N-dealkylation sites (tertiary alicyclic amines) is 1. The molecule has 1 aromatic heterocycles. The molecule has 0 aromatic carbocycles. The Kier molecular flexibility index (Phi) is 4.95. The van der Waals surface area contributed by atoms with Gasteiger partial charge in [0.2, 0.25) is 0 Å². The van der Waals surface area contributed by atoms with Crippen molar-refractivity contribution in [3.63, 3.8) is 0 Å². The summed E-state index contributed by atoms with van der Waals surface area (Å²) in [4.78, 5) is 2.58. The second-order valence-electron chi connectivity index (χ2n) is 5.48. The standard InChI is InChI=1S/C14H22ClN3/c1-11(2)18-8-3-4-12(7-9-18)10-13-5-6-14(15)17-16-13/h5-6,11-12H,3-4,7-10H2,1-2H3/t12-/m0/s1. The fourth-order valence-corrected chi connectivity index (χ4v) is 2.76. The highest BCUT2D eigenvalue weighted by molar-refractivity contribution is 6.29. The molecule has 1 fully saturated rings. The Hall–Kier alpha value is -0.670. The highest BCUT2D eigenvalue weighted by Gasteiger charge is 2.19. The summed E-state index contributed by atoms with van der Waals surface area (Å²) in [5.74, 6) is 0.740. The first-order valence-electron chi connectivity index (χ1n) is 6.87.